The molecule has 124 valence electrons. The molecule has 0 aliphatic rings. The molecule has 2 heterocycles. The Hall–Kier alpha value is -3.21. The molecule has 0 unspecified atom stereocenters. The molecule has 0 spiro atoms. The number of aryl methyl sites for hydroxylation is 1. The minimum atomic E-state index is -0.837. The van der Waals surface area contributed by atoms with Crippen LogP contribution in [-0.2, 0) is 11.2 Å². The molecule has 25 heavy (non-hydrogen) atoms. The molecule has 0 atom stereocenters. The van der Waals surface area contributed by atoms with Crippen LogP contribution in [0, 0.1) is 13.8 Å². The van der Waals surface area contributed by atoms with E-state index in [1.165, 1.54) is 0 Å². The average molecular weight is 331 g/mol. The van der Waals surface area contributed by atoms with E-state index in [9.17, 15) is 9.90 Å². The number of carboxylic acid groups (broad SMARTS) is 1. The lowest BCUT2D eigenvalue weighted by Crippen LogP contribution is -2.04. The van der Waals surface area contributed by atoms with Crippen LogP contribution in [0.15, 0.2) is 48.8 Å². The number of benzene rings is 2. The van der Waals surface area contributed by atoms with Gasteiger partial charge in [-0.3, -0.25) is 9.36 Å². The van der Waals surface area contributed by atoms with E-state index in [0.29, 0.717) is 0 Å². The molecule has 0 aliphatic carbocycles. The van der Waals surface area contributed by atoms with Gasteiger partial charge in [0.15, 0.2) is 0 Å². The third kappa shape index (κ3) is 2.45. The standard InChI is InChI=1S/C20H17N3O2/c1-12-7-8-18-16(9-12)15(10-19(24)25)13(2)23(18)20-14-5-3-4-6-17(14)21-11-22-20/h3-9,11H,10H2,1-2H3,(H,24,25). The third-order valence-electron chi connectivity index (χ3n) is 4.55. The van der Waals surface area contributed by atoms with Crippen molar-refractivity contribution in [2.45, 2.75) is 20.3 Å². The van der Waals surface area contributed by atoms with Crippen molar-refractivity contribution in [2.24, 2.45) is 0 Å². The highest BCUT2D eigenvalue weighted by Gasteiger charge is 2.19. The first-order valence-corrected chi connectivity index (χ1v) is 8.08. The van der Waals surface area contributed by atoms with Gasteiger partial charge in [-0.25, -0.2) is 9.97 Å². The van der Waals surface area contributed by atoms with Crippen molar-refractivity contribution in [3.05, 3.63) is 65.6 Å². The monoisotopic (exact) mass is 331 g/mol. The molecule has 5 nitrogen and oxygen atoms in total. The Balaban J connectivity index is 2.11. The molecule has 0 radical (unpaired) electrons. The Kier molecular flexibility index (Phi) is 3.50. The number of hydrogen-bond acceptors (Lipinski definition) is 3. The van der Waals surface area contributed by atoms with Gasteiger partial charge in [0.1, 0.15) is 12.1 Å². The second-order valence-electron chi connectivity index (χ2n) is 6.20. The summed E-state index contributed by atoms with van der Waals surface area (Å²) in [5.74, 6) is -0.0650. The second-order valence-corrected chi connectivity index (χ2v) is 6.20. The topological polar surface area (TPSA) is 68.0 Å². The summed E-state index contributed by atoms with van der Waals surface area (Å²) in [5.41, 5.74) is 4.65. The maximum absolute atomic E-state index is 11.4. The summed E-state index contributed by atoms with van der Waals surface area (Å²) in [6.07, 6.45) is 1.54. The van der Waals surface area contributed by atoms with Crippen molar-refractivity contribution in [1.82, 2.24) is 14.5 Å². The van der Waals surface area contributed by atoms with E-state index in [-0.39, 0.29) is 6.42 Å². The van der Waals surface area contributed by atoms with Gasteiger partial charge in [0, 0.05) is 16.5 Å². The molecule has 2 aromatic heterocycles. The molecular weight excluding hydrogens is 314 g/mol. The summed E-state index contributed by atoms with van der Waals surface area (Å²) in [6.45, 7) is 3.96. The van der Waals surface area contributed by atoms with Crippen molar-refractivity contribution in [1.29, 1.82) is 0 Å². The van der Waals surface area contributed by atoms with E-state index in [1.807, 2.05) is 60.9 Å². The van der Waals surface area contributed by atoms with E-state index in [4.69, 9.17) is 0 Å². The predicted octanol–water partition coefficient (Wildman–Crippen LogP) is 3.82. The highest BCUT2D eigenvalue weighted by Crippen LogP contribution is 2.32. The highest BCUT2D eigenvalue weighted by molar-refractivity contribution is 5.94. The minimum absolute atomic E-state index is 0.0121. The number of aliphatic carboxylic acids is 1. The summed E-state index contributed by atoms with van der Waals surface area (Å²) in [7, 11) is 0. The second kappa shape index (κ2) is 5.70. The first-order chi connectivity index (χ1) is 12.1. The molecule has 4 aromatic rings. The number of rotatable bonds is 3. The molecule has 0 bridgehead atoms. The summed E-state index contributed by atoms with van der Waals surface area (Å²) < 4.78 is 2.04. The minimum Gasteiger partial charge on any atom is -0.481 e. The van der Waals surface area contributed by atoms with Gasteiger partial charge in [-0.05, 0) is 43.7 Å². The van der Waals surface area contributed by atoms with Crippen LogP contribution >= 0.6 is 0 Å². The largest absolute Gasteiger partial charge is 0.481 e. The Morgan fingerprint density at radius 2 is 1.88 bits per heavy atom. The van der Waals surface area contributed by atoms with Gasteiger partial charge in [-0.15, -0.1) is 0 Å². The van der Waals surface area contributed by atoms with Gasteiger partial charge in [0.25, 0.3) is 0 Å². The van der Waals surface area contributed by atoms with Crippen LogP contribution in [-0.4, -0.2) is 25.6 Å². The van der Waals surface area contributed by atoms with Crippen molar-refractivity contribution in [3.8, 4) is 5.82 Å². The zero-order valence-electron chi connectivity index (χ0n) is 14.0. The summed E-state index contributed by atoms with van der Waals surface area (Å²) in [5, 5.41) is 11.2. The molecule has 0 saturated carbocycles. The number of nitrogens with zero attached hydrogens (tertiary/aromatic N) is 3. The van der Waals surface area contributed by atoms with Crippen molar-refractivity contribution >= 4 is 27.8 Å². The van der Waals surface area contributed by atoms with E-state index < -0.39 is 5.97 Å². The molecule has 0 fully saturated rings. The highest BCUT2D eigenvalue weighted by atomic mass is 16.4. The fourth-order valence-electron chi connectivity index (χ4n) is 3.41. The number of carbonyl (C=O) groups is 1. The van der Waals surface area contributed by atoms with Crippen molar-refractivity contribution in [2.75, 3.05) is 0 Å². The van der Waals surface area contributed by atoms with Gasteiger partial charge in [0.2, 0.25) is 0 Å². The van der Waals surface area contributed by atoms with E-state index in [1.54, 1.807) is 6.33 Å². The van der Waals surface area contributed by atoms with Gasteiger partial charge >= 0.3 is 5.97 Å². The van der Waals surface area contributed by atoms with Gasteiger partial charge < -0.3 is 5.11 Å². The van der Waals surface area contributed by atoms with Gasteiger partial charge in [-0.1, -0.05) is 23.8 Å². The number of para-hydroxylation sites is 1. The normalized spacial score (nSPS) is 11.3. The lowest BCUT2D eigenvalue weighted by molar-refractivity contribution is -0.136. The Labute approximate surface area is 144 Å². The molecule has 0 aliphatic heterocycles. The molecule has 0 saturated heterocycles. The summed E-state index contributed by atoms with van der Waals surface area (Å²) in [6, 6.07) is 13.9. The first kappa shape index (κ1) is 15.3. The molecule has 4 rings (SSSR count). The van der Waals surface area contributed by atoms with E-state index in [2.05, 4.69) is 9.97 Å². The van der Waals surface area contributed by atoms with Crippen LogP contribution < -0.4 is 0 Å². The Morgan fingerprint density at radius 1 is 1.08 bits per heavy atom. The third-order valence-corrected chi connectivity index (χ3v) is 4.55. The van der Waals surface area contributed by atoms with E-state index >= 15 is 0 Å². The number of hydrogen-bond donors (Lipinski definition) is 1. The predicted molar refractivity (Wildman–Crippen MR) is 97.2 cm³/mol. The van der Waals surface area contributed by atoms with Crippen LogP contribution in [0.4, 0.5) is 0 Å². The molecular formula is C20H17N3O2. The molecule has 1 N–H and O–H groups in total. The van der Waals surface area contributed by atoms with Crippen LogP contribution in [0.25, 0.3) is 27.6 Å². The van der Waals surface area contributed by atoms with Crippen molar-refractivity contribution in [3.63, 3.8) is 0 Å². The lowest BCUT2D eigenvalue weighted by atomic mass is 10.1. The quantitative estimate of drug-likeness (QED) is 0.620. The van der Waals surface area contributed by atoms with Gasteiger partial charge in [-0.2, -0.15) is 0 Å². The average Bonchev–Trinajstić information content (AvgIpc) is 2.86. The molecule has 5 heteroatoms. The SMILES string of the molecule is Cc1ccc2c(c1)c(CC(=O)O)c(C)n2-c1ncnc2ccccc12. The summed E-state index contributed by atoms with van der Waals surface area (Å²) in [4.78, 5) is 20.2. The molecule has 0 amide bonds. The smallest absolute Gasteiger partial charge is 0.307 e. The van der Waals surface area contributed by atoms with Crippen LogP contribution in [0.2, 0.25) is 0 Å². The number of fused-ring (bicyclic) bond motifs is 2. The van der Waals surface area contributed by atoms with Gasteiger partial charge in [0.05, 0.1) is 17.5 Å². The Morgan fingerprint density at radius 3 is 2.68 bits per heavy atom. The zero-order valence-corrected chi connectivity index (χ0v) is 14.0. The van der Waals surface area contributed by atoms with Crippen LogP contribution in [0.3, 0.4) is 0 Å². The zero-order chi connectivity index (χ0) is 17.6. The van der Waals surface area contributed by atoms with Crippen molar-refractivity contribution < 1.29 is 9.90 Å². The maximum atomic E-state index is 11.4. The van der Waals surface area contributed by atoms with Crippen LogP contribution in [0.5, 0.6) is 0 Å². The fourth-order valence-corrected chi connectivity index (χ4v) is 3.41. The van der Waals surface area contributed by atoms with Crippen LogP contribution in [0.1, 0.15) is 16.8 Å². The summed E-state index contributed by atoms with van der Waals surface area (Å²) >= 11 is 0. The number of carboxylic acids is 1. The maximum Gasteiger partial charge on any atom is 0.307 e. The Bertz CT molecular complexity index is 1120. The fraction of sp³-hybridized carbons (Fsp3) is 0.150. The van der Waals surface area contributed by atoms with E-state index in [0.717, 1.165) is 44.4 Å². The first-order valence-electron chi connectivity index (χ1n) is 8.08. The number of aromatic nitrogens is 3. The lowest BCUT2D eigenvalue weighted by Gasteiger charge is -2.10. The molecule has 2 aromatic carbocycles.